The predicted molar refractivity (Wildman–Crippen MR) is 62.2 cm³/mol. The molecule has 0 saturated carbocycles. The number of hydrogen-bond acceptors (Lipinski definition) is 4. The van der Waals surface area contributed by atoms with E-state index in [0.717, 1.165) is 0 Å². The van der Waals surface area contributed by atoms with Crippen LogP contribution < -0.4 is 10.6 Å². The summed E-state index contributed by atoms with van der Waals surface area (Å²) in [6.45, 7) is 1.67. The average Bonchev–Trinajstić information content (AvgIpc) is 2.30. The first-order valence-electron chi connectivity index (χ1n) is 5.00. The molecule has 0 aliphatic carbocycles. The van der Waals surface area contributed by atoms with E-state index in [4.69, 9.17) is 5.11 Å². The van der Waals surface area contributed by atoms with Gasteiger partial charge in [-0.05, 0) is 32.2 Å². The van der Waals surface area contributed by atoms with Crippen LogP contribution >= 0.6 is 0 Å². The van der Waals surface area contributed by atoms with E-state index in [1.54, 1.807) is 14.0 Å². The second kappa shape index (κ2) is 5.31. The first-order valence-corrected chi connectivity index (χ1v) is 5.00. The van der Waals surface area contributed by atoms with Gasteiger partial charge in [-0.1, -0.05) is 0 Å². The summed E-state index contributed by atoms with van der Waals surface area (Å²) in [6.07, 6.45) is 0. The van der Waals surface area contributed by atoms with Crippen LogP contribution in [0.1, 0.15) is 17.3 Å². The molecule has 6 nitrogen and oxygen atoms in total. The van der Waals surface area contributed by atoms with Crippen molar-refractivity contribution in [2.75, 3.05) is 12.4 Å². The summed E-state index contributed by atoms with van der Waals surface area (Å²) in [5.74, 6) is -1.87. The number of aromatic carboxylic acids is 1. The van der Waals surface area contributed by atoms with Gasteiger partial charge in [-0.2, -0.15) is 0 Å². The van der Waals surface area contributed by atoms with Gasteiger partial charge in [0.25, 0.3) is 0 Å². The number of carbonyl (C=O) groups excluding carboxylic acids is 1. The topological polar surface area (TPSA) is 98.7 Å². The lowest BCUT2D eigenvalue weighted by Crippen LogP contribution is -2.35. The maximum absolute atomic E-state index is 11.5. The van der Waals surface area contributed by atoms with Gasteiger partial charge in [-0.15, -0.1) is 0 Å². The third-order valence-electron chi connectivity index (χ3n) is 2.32. The molecule has 4 N–H and O–H groups in total. The molecule has 1 atom stereocenters. The molecular formula is C11H14N2O4. The first-order chi connectivity index (χ1) is 7.95. The second-order valence-electron chi connectivity index (χ2n) is 3.54. The quantitative estimate of drug-likeness (QED) is 0.577. The fourth-order valence-corrected chi connectivity index (χ4v) is 1.17. The number of carboxylic acids is 1. The van der Waals surface area contributed by atoms with E-state index in [0.29, 0.717) is 5.69 Å². The lowest BCUT2D eigenvalue weighted by molar-refractivity contribution is -0.117. The van der Waals surface area contributed by atoms with E-state index < -0.39 is 12.0 Å². The molecule has 1 unspecified atom stereocenters. The molecule has 1 amide bonds. The molecule has 1 rings (SSSR count). The third kappa shape index (κ3) is 3.18. The van der Waals surface area contributed by atoms with Crippen molar-refractivity contribution in [1.29, 1.82) is 0 Å². The number of carbonyl (C=O) groups is 2. The number of likely N-dealkylation sites (N-methyl/N-ethyl adjacent to an activating group) is 1. The number of nitrogens with one attached hydrogen (secondary N) is 2. The van der Waals surface area contributed by atoms with Crippen LogP contribution in [0, 0.1) is 0 Å². The Kier molecular flexibility index (Phi) is 4.06. The molecule has 1 aromatic carbocycles. The van der Waals surface area contributed by atoms with E-state index in [1.165, 1.54) is 18.2 Å². The monoisotopic (exact) mass is 238 g/mol. The van der Waals surface area contributed by atoms with Crippen molar-refractivity contribution in [3.8, 4) is 5.75 Å². The summed E-state index contributed by atoms with van der Waals surface area (Å²) in [5, 5.41) is 23.4. The van der Waals surface area contributed by atoms with Crippen molar-refractivity contribution in [2.45, 2.75) is 13.0 Å². The van der Waals surface area contributed by atoms with E-state index in [-0.39, 0.29) is 17.2 Å². The van der Waals surface area contributed by atoms with E-state index in [9.17, 15) is 14.7 Å². The molecule has 0 aromatic heterocycles. The Morgan fingerprint density at radius 2 is 2.00 bits per heavy atom. The van der Waals surface area contributed by atoms with Crippen LogP contribution in [0.2, 0.25) is 0 Å². The van der Waals surface area contributed by atoms with Gasteiger partial charge in [0.05, 0.1) is 6.04 Å². The number of aromatic hydroxyl groups is 1. The highest BCUT2D eigenvalue weighted by Crippen LogP contribution is 2.21. The molecule has 0 radical (unpaired) electrons. The minimum Gasteiger partial charge on any atom is -0.507 e. The van der Waals surface area contributed by atoms with Crippen molar-refractivity contribution < 1.29 is 19.8 Å². The molecule has 0 bridgehead atoms. The van der Waals surface area contributed by atoms with E-state index in [1.807, 2.05) is 0 Å². The molecule has 1 aromatic rings. The lowest BCUT2D eigenvalue weighted by Gasteiger charge is -2.11. The number of carboxylic acid groups (broad SMARTS) is 1. The number of anilines is 1. The van der Waals surface area contributed by atoms with Gasteiger partial charge >= 0.3 is 5.97 Å². The summed E-state index contributed by atoms with van der Waals surface area (Å²) >= 11 is 0. The van der Waals surface area contributed by atoms with Gasteiger partial charge in [0.2, 0.25) is 5.91 Å². The highest BCUT2D eigenvalue weighted by atomic mass is 16.4. The van der Waals surface area contributed by atoms with Gasteiger partial charge in [-0.3, -0.25) is 4.79 Å². The van der Waals surface area contributed by atoms with Crippen molar-refractivity contribution in [2.24, 2.45) is 0 Å². The second-order valence-corrected chi connectivity index (χ2v) is 3.54. The van der Waals surface area contributed by atoms with Gasteiger partial charge < -0.3 is 20.8 Å². The predicted octanol–water partition coefficient (Wildman–Crippen LogP) is 0.637. The number of hydrogen-bond donors (Lipinski definition) is 4. The maximum atomic E-state index is 11.5. The number of benzene rings is 1. The smallest absolute Gasteiger partial charge is 0.339 e. The SMILES string of the molecule is CNC(C)C(=O)Nc1ccc(O)c(C(=O)O)c1. The molecule has 6 heteroatoms. The maximum Gasteiger partial charge on any atom is 0.339 e. The van der Waals surface area contributed by atoms with Crippen LogP contribution in [0.25, 0.3) is 0 Å². The molecular weight excluding hydrogens is 224 g/mol. The van der Waals surface area contributed by atoms with E-state index in [2.05, 4.69) is 10.6 Å². The lowest BCUT2D eigenvalue weighted by atomic mass is 10.1. The molecule has 0 fully saturated rings. The zero-order chi connectivity index (χ0) is 13.0. The Balaban J connectivity index is 2.90. The fraction of sp³-hybridized carbons (Fsp3) is 0.273. The van der Waals surface area contributed by atoms with Crippen molar-refractivity contribution in [3.05, 3.63) is 23.8 Å². The minimum absolute atomic E-state index is 0.250. The molecule has 17 heavy (non-hydrogen) atoms. The number of rotatable bonds is 4. The van der Waals surface area contributed by atoms with Gasteiger partial charge in [0, 0.05) is 5.69 Å². The van der Waals surface area contributed by atoms with Crippen LogP contribution in [0.3, 0.4) is 0 Å². The Hall–Kier alpha value is -2.08. The molecule has 0 heterocycles. The standard InChI is InChI=1S/C11H14N2O4/c1-6(12-2)10(15)13-7-3-4-9(14)8(5-7)11(16)17/h3-6,12,14H,1-2H3,(H,13,15)(H,16,17). The normalized spacial score (nSPS) is 11.9. The first kappa shape index (κ1) is 13.0. The third-order valence-corrected chi connectivity index (χ3v) is 2.32. The van der Waals surface area contributed by atoms with Crippen molar-refractivity contribution in [1.82, 2.24) is 5.32 Å². The summed E-state index contributed by atoms with van der Waals surface area (Å²) < 4.78 is 0. The zero-order valence-corrected chi connectivity index (χ0v) is 9.52. The number of phenols is 1. The van der Waals surface area contributed by atoms with Gasteiger partial charge in [0.15, 0.2) is 0 Å². The molecule has 0 aliphatic rings. The van der Waals surface area contributed by atoms with Crippen LogP contribution in [-0.4, -0.2) is 35.2 Å². The summed E-state index contributed by atoms with van der Waals surface area (Å²) in [4.78, 5) is 22.3. The fourth-order valence-electron chi connectivity index (χ4n) is 1.17. The van der Waals surface area contributed by atoms with Crippen molar-refractivity contribution in [3.63, 3.8) is 0 Å². The van der Waals surface area contributed by atoms with Crippen LogP contribution in [0.15, 0.2) is 18.2 Å². The van der Waals surface area contributed by atoms with Crippen LogP contribution in [0.4, 0.5) is 5.69 Å². The Bertz CT molecular complexity index is 445. The number of amides is 1. The largest absolute Gasteiger partial charge is 0.507 e. The Morgan fingerprint density at radius 3 is 2.53 bits per heavy atom. The Labute approximate surface area is 98.3 Å². The zero-order valence-electron chi connectivity index (χ0n) is 9.52. The molecule has 0 spiro atoms. The summed E-state index contributed by atoms with van der Waals surface area (Å²) in [7, 11) is 1.64. The minimum atomic E-state index is -1.25. The highest BCUT2D eigenvalue weighted by molar-refractivity contribution is 5.97. The van der Waals surface area contributed by atoms with Gasteiger partial charge in [-0.25, -0.2) is 4.79 Å². The van der Waals surface area contributed by atoms with Crippen molar-refractivity contribution >= 4 is 17.6 Å². The summed E-state index contributed by atoms with van der Waals surface area (Å²) in [5.41, 5.74) is 0.0761. The molecule has 0 saturated heterocycles. The molecule has 0 aliphatic heterocycles. The van der Waals surface area contributed by atoms with Gasteiger partial charge in [0.1, 0.15) is 11.3 Å². The Morgan fingerprint density at radius 1 is 1.35 bits per heavy atom. The van der Waals surface area contributed by atoms with E-state index >= 15 is 0 Å². The highest BCUT2D eigenvalue weighted by Gasteiger charge is 2.13. The van der Waals surface area contributed by atoms with Crippen LogP contribution in [-0.2, 0) is 4.79 Å². The molecule has 92 valence electrons. The average molecular weight is 238 g/mol. The van der Waals surface area contributed by atoms with Crippen LogP contribution in [0.5, 0.6) is 5.75 Å². The summed E-state index contributed by atoms with van der Waals surface area (Å²) in [6, 6.07) is 3.47.